The van der Waals surface area contributed by atoms with Crippen LogP contribution in [0, 0.1) is 5.92 Å². The zero-order chi connectivity index (χ0) is 19.4. The summed E-state index contributed by atoms with van der Waals surface area (Å²) in [6.45, 7) is 3.72. The molecule has 0 fully saturated rings. The molecule has 0 heterocycles. The molecule has 5 nitrogen and oxygen atoms in total. The standard InChI is InChI=1S/C16H14BrNO2.C2H2Cl2O2/c1-9(2)16(19)18-14-5-4-11(8-13(14)17)20-15-6-3-10-7-12(10)15;3-1(4)2(5)6/h3-9H,1-2H3,(H,18,19);1H,(H,5,6). The largest absolute Gasteiger partial charge is 0.479 e. The summed E-state index contributed by atoms with van der Waals surface area (Å²) >= 11 is 13.0. The predicted molar refractivity (Wildman–Crippen MR) is 106 cm³/mol. The zero-order valence-corrected chi connectivity index (χ0v) is 17.0. The van der Waals surface area contributed by atoms with Gasteiger partial charge in [0.15, 0.2) is 0 Å². The second-order valence-electron chi connectivity index (χ2n) is 5.74. The lowest BCUT2D eigenvalue weighted by atomic mass is 10.2. The molecule has 0 bridgehead atoms. The van der Waals surface area contributed by atoms with Gasteiger partial charge in [-0.2, -0.15) is 0 Å². The third-order valence-corrected chi connectivity index (χ3v) is 4.37. The van der Waals surface area contributed by atoms with Crippen molar-refractivity contribution in [3.05, 3.63) is 40.9 Å². The summed E-state index contributed by atoms with van der Waals surface area (Å²) in [5.41, 5.74) is 3.18. The number of fused-ring (bicyclic) bond motifs is 1. The molecule has 1 aromatic rings. The average Bonchev–Trinajstić information content (AvgIpc) is 3.25. The number of halogens is 3. The molecule has 3 rings (SSSR count). The van der Waals surface area contributed by atoms with Gasteiger partial charge in [-0.1, -0.05) is 43.1 Å². The number of carboxylic acid groups (broad SMARTS) is 1. The molecule has 138 valence electrons. The summed E-state index contributed by atoms with van der Waals surface area (Å²) in [4.78, 5) is 19.8. The molecule has 1 aromatic carbocycles. The fourth-order valence-electron chi connectivity index (χ4n) is 1.88. The summed E-state index contributed by atoms with van der Waals surface area (Å²) in [6, 6.07) is 11.6. The number of amides is 1. The van der Waals surface area contributed by atoms with Gasteiger partial charge in [-0.3, -0.25) is 4.79 Å². The Morgan fingerprint density at radius 2 is 1.81 bits per heavy atom. The highest BCUT2D eigenvalue weighted by atomic mass is 79.9. The number of benzene rings is 2. The SMILES string of the molecule is CC(C)C(=O)Nc1ccc(Oc2ccc3cc2-3)cc1Br.O=C(O)C(Cl)Cl. The maximum absolute atomic E-state index is 11.7. The molecule has 0 unspecified atom stereocenters. The Morgan fingerprint density at radius 1 is 1.15 bits per heavy atom. The van der Waals surface area contributed by atoms with E-state index in [9.17, 15) is 9.59 Å². The topological polar surface area (TPSA) is 75.6 Å². The number of nitrogens with one attached hydrogen (secondary N) is 1. The van der Waals surface area contributed by atoms with E-state index in [1.165, 1.54) is 11.1 Å². The van der Waals surface area contributed by atoms with Gasteiger partial charge in [-0.25, -0.2) is 4.79 Å². The molecule has 0 radical (unpaired) electrons. The molecule has 2 N–H and O–H groups in total. The van der Waals surface area contributed by atoms with Crippen LogP contribution in [0.3, 0.4) is 0 Å². The lowest BCUT2D eigenvalue weighted by Crippen LogP contribution is -2.17. The lowest BCUT2D eigenvalue weighted by molar-refractivity contribution is -0.135. The highest BCUT2D eigenvalue weighted by Crippen LogP contribution is 2.45. The van der Waals surface area contributed by atoms with Crippen molar-refractivity contribution in [2.45, 2.75) is 18.7 Å². The number of rotatable bonds is 5. The Balaban J connectivity index is 0.000000352. The minimum absolute atomic E-state index is 0.00477. The van der Waals surface area contributed by atoms with Crippen molar-refractivity contribution in [2.24, 2.45) is 5.92 Å². The van der Waals surface area contributed by atoms with Gasteiger partial charge < -0.3 is 15.2 Å². The van der Waals surface area contributed by atoms with Crippen LogP contribution in [-0.4, -0.2) is 21.8 Å². The van der Waals surface area contributed by atoms with E-state index in [0.717, 1.165) is 21.7 Å². The van der Waals surface area contributed by atoms with E-state index < -0.39 is 10.8 Å². The molecule has 2 aliphatic rings. The predicted octanol–water partition coefficient (Wildman–Crippen LogP) is 5.69. The number of aliphatic carboxylic acids is 1. The van der Waals surface area contributed by atoms with Crippen molar-refractivity contribution >= 4 is 56.7 Å². The number of carboxylic acids is 1. The van der Waals surface area contributed by atoms with Crippen molar-refractivity contribution in [3.63, 3.8) is 0 Å². The molecule has 0 aromatic heterocycles. The van der Waals surface area contributed by atoms with E-state index in [2.05, 4.69) is 27.3 Å². The van der Waals surface area contributed by atoms with Crippen molar-refractivity contribution in [1.82, 2.24) is 0 Å². The summed E-state index contributed by atoms with van der Waals surface area (Å²) in [6.07, 6.45) is 0. The van der Waals surface area contributed by atoms with Crippen LogP contribution in [-0.2, 0) is 9.59 Å². The second kappa shape index (κ2) is 8.75. The van der Waals surface area contributed by atoms with E-state index in [-0.39, 0.29) is 11.8 Å². The van der Waals surface area contributed by atoms with Crippen molar-refractivity contribution in [3.8, 4) is 22.6 Å². The minimum atomic E-state index is -1.29. The molecule has 26 heavy (non-hydrogen) atoms. The Bertz CT molecular complexity index is 840. The Kier molecular flexibility index (Phi) is 6.92. The van der Waals surface area contributed by atoms with Gasteiger partial charge in [0, 0.05) is 16.0 Å². The van der Waals surface area contributed by atoms with Gasteiger partial charge in [0.2, 0.25) is 10.7 Å². The fourth-order valence-corrected chi connectivity index (χ4v) is 2.34. The first-order chi connectivity index (χ1) is 12.2. The number of alkyl halides is 2. The first-order valence-electron chi connectivity index (χ1n) is 7.62. The summed E-state index contributed by atoms with van der Waals surface area (Å²) in [5.74, 6) is 0.361. The van der Waals surface area contributed by atoms with Crippen LogP contribution in [0.25, 0.3) is 11.1 Å². The molecular formula is C18H16BrCl2NO4. The number of hydrogen-bond acceptors (Lipinski definition) is 3. The highest BCUT2D eigenvalue weighted by molar-refractivity contribution is 9.10. The molecule has 0 saturated carbocycles. The van der Waals surface area contributed by atoms with Crippen LogP contribution in [0.5, 0.6) is 11.5 Å². The third-order valence-electron chi connectivity index (χ3n) is 3.34. The fraction of sp³-hybridized carbons (Fsp3) is 0.222. The number of hydrogen-bond donors (Lipinski definition) is 2. The number of ether oxygens (including phenoxy) is 1. The highest BCUT2D eigenvalue weighted by Gasteiger charge is 2.19. The number of carbonyl (C=O) groups excluding carboxylic acids is 1. The first-order valence-corrected chi connectivity index (χ1v) is 9.29. The lowest BCUT2D eigenvalue weighted by Gasteiger charge is -2.11. The minimum Gasteiger partial charge on any atom is -0.479 e. The van der Waals surface area contributed by atoms with Gasteiger partial charge in [-0.15, -0.1) is 0 Å². The summed E-state index contributed by atoms with van der Waals surface area (Å²) in [5, 5.41) is 10.6. The van der Waals surface area contributed by atoms with Gasteiger partial charge in [0.25, 0.3) is 0 Å². The number of carbonyl (C=O) groups is 2. The van der Waals surface area contributed by atoms with Crippen molar-refractivity contribution in [1.29, 1.82) is 0 Å². The van der Waals surface area contributed by atoms with E-state index in [1.54, 1.807) is 0 Å². The molecule has 0 spiro atoms. The molecule has 0 saturated heterocycles. The molecule has 8 heteroatoms. The van der Waals surface area contributed by atoms with Gasteiger partial charge >= 0.3 is 5.97 Å². The maximum atomic E-state index is 11.7. The maximum Gasteiger partial charge on any atom is 0.337 e. The average molecular weight is 461 g/mol. The second-order valence-corrected chi connectivity index (χ2v) is 7.69. The Morgan fingerprint density at radius 3 is 2.23 bits per heavy atom. The Hall–Kier alpha value is -1.76. The van der Waals surface area contributed by atoms with Crippen LogP contribution in [0.4, 0.5) is 5.69 Å². The molecule has 0 aliphatic heterocycles. The van der Waals surface area contributed by atoms with Crippen LogP contribution < -0.4 is 10.1 Å². The number of anilines is 1. The Labute approximate surface area is 169 Å². The van der Waals surface area contributed by atoms with E-state index >= 15 is 0 Å². The van der Waals surface area contributed by atoms with E-state index in [4.69, 9.17) is 33.0 Å². The van der Waals surface area contributed by atoms with Gasteiger partial charge in [-0.05, 0) is 51.8 Å². The quantitative estimate of drug-likeness (QED) is 0.479. The van der Waals surface area contributed by atoms with Crippen molar-refractivity contribution in [2.75, 3.05) is 5.32 Å². The normalized spacial score (nSPS) is 10.9. The van der Waals surface area contributed by atoms with Crippen LogP contribution in [0.15, 0.2) is 40.9 Å². The smallest absolute Gasteiger partial charge is 0.337 e. The molecule has 1 amide bonds. The molecular weight excluding hydrogens is 445 g/mol. The zero-order valence-electron chi connectivity index (χ0n) is 13.9. The summed E-state index contributed by atoms with van der Waals surface area (Å²) in [7, 11) is 0. The molecule has 2 aliphatic carbocycles. The van der Waals surface area contributed by atoms with Gasteiger partial charge in [0.05, 0.1) is 5.69 Å². The van der Waals surface area contributed by atoms with Crippen molar-refractivity contribution < 1.29 is 19.4 Å². The van der Waals surface area contributed by atoms with E-state index in [0.29, 0.717) is 0 Å². The van der Waals surface area contributed by atoms with Gasteiger partial charge in [0.1, 0.15) is 11.5 Å². The van der Waals surface area contributed by atoms with E-state index in [1.807, 2.05) is 44.2 Å². The first kappa shape index (κ1) is 20.6. The molecule has 0 atom stereocenters. The monoisotopic (exact) mass is 459 g/mol. The van der Waals surface area contributed by atoms with Crippen LogP contribution in [0.1, 0.15) is 13.8 Å². The third kappa shape index (κ3) is 5.62. The summed E-state index contributed by atoms with van der Waals surface area (Å²) < 4.78 is 6.62. The van der Waals surface area contributed by atoms with Crippen LogP contribution >= 0.6 is 39.1 Å². The van der Waals surface area contributed by atoms with Crippen LogP contribution in [0.2, 0.25) is 0 Å².